The van der Waals surface area contributed by atoms with Crippen LogP contribution in [0.15, 0.2) is 142 Å². The minimum Gasteiger partial charge on any atom is -0.482 e. The Morgan fingerprint density at radius 2 is 1.59 bits per heavy atom. The highest BCUT2D eigenvalue weighted by atomic mass is 16.6. The molecular weight excluding hydrogens is 1080 g/mol. The molecule has 15 rings (SSSR count). The van der Waals surface area contributed by atoms with Crippen LogP contribution < -0.4 is 10.4 Å². The maximum atomic E-state index is 16.0. The van der Waals surface area contributed by atoms with Crippen LogP contribution in [-0.2, 0) is 42.2 Å². The van der Waals surface area contributed by atoms with Crippen LogP contribution in [0.1, 0.15) is 188 Å². The lowest BCUT2D eigenvalue weighted by atomic mass is 9.56. The number of aliphatic hydroxyl groups is 3. The molecule has 86 heavy (non-hydrogen) atoms. The van der Waals surface area contributed by atoms with E-state index in [9.17, 15) is 20.1 Å². The van der Waals surface area contributed by atoms with Crippen LogP contribution in [0, 0.1) is 29.6 Å². The Bertz CT molecular complexity index is 3730. The van der Waals surface area contributed by atoms with Gasteiger partial charge in [0.05, 0.1) is 25.4 Å². The summed E-state index contributed by atoms with van der Waals surface area (Å²) in [6.45, 7) is 0.728. The molecule has 6 aromatic rings. The molecule has 5 aromatic carbocycles. The Morgan fingerprint density at radius 1 is 0.767 bits per heavy atom. The zero-order chi connectivity index (χ0) is 58.8. The van der Waals surface area contributed by atoms with Crippen molar-refractivity contribution in [3.63, 3.8) is 0 Å². The number of hydrogen-bond acceptors (Lipinski definition) is 11. The topological polar surface area (TPSA) is 162 Å². The van der Waals surface area contributed by atoms with Gasteiger partial charge >= 0.3 is 17.6 Å². The van der Waals surface area contributed by atoms with Gasteiger partial charge in [-0.15, -0.1) is 0 Å². The van der Waals surface area contributed by atoms with E-state index in [4.69, 9.17) is 23.4 Å². The Morgan fingerprint density at radius 3 is 2.42 bits per heavy atom. The largest absolute Gasteiger partial charge is 0.482 e. The summed E-state index contributed by atoms with van der Waals surface area (Å²) >= 11 is 0. The van der Waals surface area contributed by atoms with Crippen LogP contribution in [0.5, 0.6) is 5.75 Å². The Labute approximate surface area is 504 Å². The van der Waals surface area contributed by atoms with Crippen LogP contribution in [0.25, 0.3) is 23.1 Å². The van der Waals surface area contributed by atoms with Gasteiger partial charge in [-0.1, -0.05) is 134 Å². The summed E-state index contributed by atoms with van der Waals surface area (Å²) in [7, 11) is 1.53. The molecule has 4 fully saturated rings. The van der Waals surface area contributed by atoms with E-state index in [0.717, 1.165) is 62.5 Å². The second-order valence-electron chi connectivity index (χ2n) is 26.5. The number of ether oxygens (including phenoxy) is 4. The van der Waals surface area contributed by atoms with Gasteiger partial charge < -0.3 is 38.7 Å². The smallest absolute Gasteiger partial charge is 0.340 e. The maximum Gasteiger partial charge on any atom is 0.340 e. The van der Waals surface area contributed by atoms with Crippen molar-refractivity contribution in [3.05, 3.63) is 204 Å². The summed E-state index contributed by atoms with van der Waals surface area (Å²) in [5.41, 5.74) is 9.68. The number of fused-ring (bicyclic) bond motifs is 20. The predicted octanol–water partition coefficient (Wildman–Crippen LogP) is 13.8. The molecule has 11 nitrogen and oxygen atoms in total. The molecule has 0 saturated heterocycles. The van der Waals surface area contributed by atoms with Crippen LogP contribution >= 0.6 is 0 Å². The third-order valence-corrected chi connectivity index (χ3v) is 22.3. The number of allylic oxidation sites excluding steroid dienone is 2. The fourth-order valence-electron chi connectivity index (χ4n) is 18.4. The Balaban J connectivity index is 0.910. The average Bonchev–Trinajstić information content (AvgIpc) is 1.32. The highest BCUT2D eigenvalue weighted by Gasteiger charge is 2.65. The number of carbonyl (C=O) groups is 2. The standard InChI is InChI=1S/C75H80O11/c1-44(41-77)55-28-21-45-19-22-47(23-20-45)56-29-26-50(49-13-9-15-54(38-49)74-34-8-7-14-53(74)27-24-48-12-4-6-18-63(48)74)37-52(56)39-66(79)83-70-68-65(32-31-60-62(42-78)67(73(81)84-69(60)68)51(33-36-76)43-82-2)86-75(71(70)85-72(55)80)35-10-17-59-58-30-25-46-11-3-5-16-57(46)61(58)40-64(59)75/h3-6,9,11-13,15-16,18-20,22-25,27,30-32,38,50-53,56,58-59,61,64,70-71,76-78H,7-8,10,14,17,21,26,28-29,33-37,39-43H2,1-2H3. The SMILES string of the molecule is COCC(CCO)c1c(CO)c2ccc3c(c2oc1=O)C1OC(=O)CC2CC(c4cccc(C56CCCCC5C=Cc5ccccc56)c4)CCC2c2ccc(cc2)CCC(=C(C)CO)C(=O)OC1C1(CCCC2C4C=Cc5ccccc5C4CC21)O3. The summed E-state index contributed by atoms with van der Waals surface area (Å²) in [6, 6.07) is 39.3. The molecule has 9 aliphatic rings. The van der Waals surface area contributed by atoms with Gasteiger partial charge in [-0.3, -0.25) is 4.79 Å². The Kier molecular flexibility index (Phi) is 15.4. The third kappa shape index (κ3) is 9.56. The zero-order valence-corrected chi connectivity index (χ0v) is 49.6. The molecule has 6 aliphatic carbocycles. The number of hydrogen-bond donors (Lipinski definition) is 3. The van der Waals surface area contributed by atoms with Crippen molar-refractivity contribution in [1.82, 2.24) is 0 Å². The first-order valence-corrected chi connectivity index (χ1v) is 32.0. The lowest BCUT2D eigenvalue weighted by Gasteiger charge is -2.53. The van der Waals surface area contributed by atoms with Gasteiger partial charge in [0.25, 0.3) is 0 Å². The fraction of sp³-hybridized carbons (Fsp3) is 0.453. The van der Waals surface area contributed by atoms with E-state index in [2.05, 4.69) is 121 Å². The number of benzene rings is 5. The summed E-state index contributed by atoms with van der Waals surface area (Å²) in [5.74, 6) is -0.534. The van der Waals surface area contributed by atoms with E-state index in [0.29, 0.717) is 46.6 Å². The fourth-order valence-corrected chi connectivity index (χ4v) is 18.4. The van der Waals surface area contributed by atoms with Gasteiger partial charge in [-0.05, 0) is 193 Å². The normalized spacial score (nSPS) is 30.9. The maximum absolute atomic E-state index is 16.0. The lowest BCUT2D eigenvalue weighted by Crippen LogP contribution is -2.62. The second-order valence-corrected chi connectivity index (χ2v) is 26.5. The molecule has 446 valence electrons. The number of carbonyl (C=O) groups excluding carboxylic acids is 2. The van der Waals surface area contributed by atoms with Gasteiger partial charge in [-0.2, -0.15) is 0 Å². The molecular formula is C75H80O11. The van der Waals surface area contributed by atoms with Gasteiger partial charge in [0.15, 0.2) is 17.8 Å². The van der Waals surface area contributed by atoms with Crippen molar-refractivity contribution in [2.45, 2.75) is 157 Å². The van der Waals surface area contributed by atoms with Crippen molar-refractivity contribution < 1.29 is 48.3 Å². The lowest BCUT2D eigenvalue weighted by molar-refractivity contribution is -0.212. The van der Waals surface area contributed by atoms with E-state index in [-0.39, 0.29) is 103 Å². The van der Waals surface area contributed by atoms with E-state index < -0.39 is 47.9 Å². The van der Waals surface area contributed by atoms with E-state index in [1.807, 2.05) is 6.07 Å². The third-order valence-electron chi connectivity index (χ3n) is 22.3. The molecule has 2 bridgehead atoms. The predicted molar refractivity (Wildman–Crippen MR) is 331 cm³/mol. The zero-order valence-electron chi connectivity index (χ0n) is 49.6. The monoisotopic (exact) mass is 1160 g/mol. The average molecular weight is 1160 g/mol. The van der Waals surface area contributed by atoms with Crippen LogP contribution in [0.3, 0.4) is 0 Å². The van der Waals surface area contributed by atoms with Crippen molar-refractivity contribution >= 4 is 35.1 Å². The van der Waals surface area contributed by atoms with Gasteiger partial charge in [-0.25, -0.2) is 9.59 Å². The highest BCUT2D eigenvalue weighted by molar-refractivity contribution is 5.90. The first kappa shape index (κ1) is 56.9. The molecule has 13 atom stereocenters. The molecule has 3 N–H and O–H groups in total. The molecule has 0 amide bonds. The van der Waals surface area contributed by atoms with Crippen molar-refractivity contribution in [2.75, 3.05) is 26.9 Å². The number of aryl methyl sites for hydroxylation is 1. The van der Waals surface area contributed by atoms with Crippen molar-refractivity contribution in [2.24, 2.45) is 29.6 Å². The summed E-state index contributed by atoms with van der Waals surface area (Å²) in [4.78, 5) is 46.3. The highest BCUT2D eigenvalue weighted by Crippen LogP contribution is 2.64. The quantitative estimate of drug-likeness (QED) is 0.0718. The van der Waals surface area contributed by atoms with E-state index in [1.54, 1.807) is 13.0 Å². The molecule has 1 aromatic heterocycles. The first-order chi connectivity index (χ1) is 42.0. The van der Waals surface area contributed by atoms with E-state index in [1.165, 1.54) is 53.3 Å². The Hall–Kier alpha value is -6.89. The summed E-state index contributed by atoms with van der Waals surface area (Å²) in [6.07, 6.45) is 18.0. The molecule has 3 aliphatic heterocycles. The molecule has 13 unspecified atom stereocenters. The van der Waals surface area contributed by atoms with Crippen molar-refractivity contribution in [1.29, 1.82) is 0 Å². The number of rotatable bonds is 9. The molecule has 4 saturated carbocycles. The van der Waals surface area contributed by atoms with Crippen molar-refractivity contribution in [3.8, 4) is 5.75 Å². The van der Waals surface area contributed by atoms with Gasteiger partial charge in [0, 0.05) is 53.9 Å². The molecule has 11 heteroatoms. The summed E-state index contributed by atoms with van der Waals surface area (Å²) in [5, 5.41) is 32.8. The molecule has 1 spiro atoms. The van der Waals surface area contributed by atoms with Crippen LogP contribution in [0.4, 0.5) is 0 Å². The minimum atomic E-state index is -1.33. The van der Waals surface area contributed by atoms with Crippen LogP contribution in [0.2, 0.25) is 0 Å². The van der Waals surface area contributed by atoms with Gasteiger partial charge in [0.1, 0.15) is 11.3 Å². The number of methoxy groups -OCH3 is 1. The second kappa shape index (κ2) is 23.3. The number of esters is 2. The van der Waals surface area contributed by atoms with Crippen LogP contribution in [-0.4, -0.2) is 65.9 Å². The first-order valence-electron chi connectivity index (χ1n) is 32.0. The minimum absolute atomic E-state index is 0.0369. The van der Waals surface area contributed by atoms with E-state index >= 15 is 9.59 Å². The number of aliphatic hydroxyl groups excluding tert-OH is 3. The molecule has 4 heterocycles. The van der Waals surface area contributed by atoms with Gasteiger partial charge in [0.2, 0.25) is 0 Å². The molecule has 0 radical (unpaired) electrons. The summed E-state index contributed by atoms with van der Waals surface area (Å²) < 4.78 is 34.1.